The summed E-state index contributed by atoms with van der Waals surface area (Å²) in [5.74, 6) is -0.139. The Morgan fingerprint density at radius 1 is 1.07 bits per heavy atom. The molecule has 2 aromatic carbocycles. The van der Waals surface area contributed by atoms with Crippen LogP contribution in [-0.2, 0) is 4.79 Å². The van der Waals surface area contributed by atoms with Crippen LogP contribution in [0.5, 0.6) is 0 Å². The Hall–Kier alpha value is -1.63. The molecular weight excluding hydrogens is 172 g/mol. The van der Waals surface area contributed by atoms with Gasteiger partial charge in [0, 0.05) is 5.92 Å². The molecule has 1 heteroatoms. The van der Waals surface area contributed by atoms with Crippen molar-refractivity contribution in [2.24, 2.45) is 0 Å². The monoisotopic (exact) mass is 183 g/mol. The van der Waals surface area contributed by atoms with E-state index in [1.807, 2.05) is 43.5 Å². The van der Waals surface area contributed by atoms with Gasteiger partial charge >= 0.3 is 0 Å². The summed E-state index contributed by atoms with van der Waals surface area (Å²) in [5, 5.41) is 2.38. The quantitative estimate of drug-likeness (QED) is 0.699. The van der Waals surface area contributed by atoms with E-state index in [4.69, 9.17) is 0 Å². The minimum absolute atomic E-state index is 0.139. The molecule has 1 radical (unpaired) electrons. The number of hydrogen-bond donors (Lipinski definition) is 0. The van der Waals surface area contributed by atoms with Crippen molar-refractivity contribution >= 4 is 17.1 Å². The molecule has 0 aliphatic carbocycles. The second kappa shape index (κ2) is 3.62. The number of carbonyl (C=O) groups excluding carboxylic acids is 1. The highest BCUT2D eigenvalue weighted by atomic mass is 16.1. The van der Waals surface area contributed by atoms with Gasteiger partial charge in [-0.2, -0.15) is 0 Å². The number of fused-ring (bicyclic) bond motifs is 1. The lowest BCUT2D eigenvalue weighted by Crippen LogP contribution is -1.93. The third-order valence-electron chi connectivity index (χ3n) is 2.45. The molecule has 1 unspecified atom stereocenters. The molecule has 0 aliphatic rings. The average molecular weight is 183 g/mol. The van der Waals surface area contributed by atoms with Gasteiger partial charge in [-0.05, 0) is 16.3 Å². The summed E-state index contributed by atoms with van der Waals surface area (Å²) in [6, 6.07) is 14.2. The SMILES string of the molecule is CC([C]=O)c1ccc2ccccc2c1. The Balaban J connectivity index is 2.56. The van der Waals surface area contributed by atoms with Gasteiger partial charge in [-0.25, -0.2) is 0 Å². The summed E-state index contributed by atoms with van der Waals surface area (Å²) in [5.41, 5.74) is 1.03. The molecule has 0 saturated heterocycles. The van der Waals surface area contributed by atoms with Crippen molar-refractivity contribution in [3.63, 3.8) is 0 Å². The minimum atomic E-state index is -0.139. The molecule has 0 aliphatic heterocycles. The molecule has 14 heavy (non-hydrogen) atoms. The first-order valence-corrected chi connectivity index (χ1v) is 4.67. The summed E-state index contributed by atoms with van der Waals surface area (Å²) in [4.78, 5) is 10.5. The molecular formula is C13H11O. The van der Waals surface area contributed by atoms with Gasteiger partial charge in [-0.1, -0.05) is 49.4 Å². The van der Waals surface area contributed by atoms with Crippen molar-refractivity contribution in [1.29, 1.82) is 0 Å². The van der Waals surface area contributed by atoms with Gasteiger partial charge in [0.15, 0.2) is 0 Å². The highest BCUT2D eigenvalue weighted by Crippen LogP contribution is 2.20. The van der Waals surface area contributed by atoms with Crippen molar-refractivity contribution in [1.82, 2.24) is 0 Å². The fourth-order valence-corrected chi connectivity index (χ4v) is 1.55. The Bertz CT molecular complexity index is 459. The van der Waals surface area contributed by atoms with Crippen molar-refractivity contribution in [3.8, 4) is 0 Å². The Morgan fingerprint density at radius 2 is 1.79 bits per heavy atom. The largest absolute Gasteiger partial charge is 0.290 e. The Kier molecular flexibility index (Phi) is 2.32. The summed E-state index contributed by atoms with van der Waals surface area (Å²) in [6.07, 6.45) is 2.00. The molecule has 0 amide bonds. The van der Waals surface area contributed by atoms with Gasteiger partial charge in [0.05, 0.1) is 0 Å². The van der Waals surface area contributed by atoms with Crippen LogP contribution >= 0.6 is 0 Å². The molecule has 1 nitrogen and oxygen atoms in total. The average Bonchev–Trinajstić information content (AvgIpc) is 2.27. The van der Waals surface area contributed by atoms with E-state index in [1.54, 1.807) is 0 Å². The first kappa shape index (κ1) is 8.95. The van der Waals surface area contributed by atoms with Crippen molar-refractivity contribution in [3.05, 3.63) is 48.0 Å². The normalized spacial score (nSPS) is 12.6. The van der Waals surface area contributed by atoms with Crippen LogP contribution < -0.4 is 0 Å². The molecule has 69 valence electrons. The zero-order valence-electron chi connectivity index (χ0n) is 8.03. The smallest absolute Gasteiger partial charge is 0.206 e. The predicted octanol–water partition coefficient (Wildman–Crippen LogP) is 3.05. The fraction of sp³-hybridized carbons (Fsp3) is 0.154. The second-order valence-electron chi connectivity index (χ2n) is 3.45. The Morgan fingerprint density at radius 3 is 2.50 bits per heavy atom. The van der Waals surface area contributed by atoms with Crippen molar-refractivity contribution in [2.75, 3.05) is 0 Å². The molecule has 0 spiro atoms. The highest BCUT2D eigenvalue weighted by molar-refractivity contribution is 5.84. The van der Waals surface area contributed by atoms with Gasteiger partial charge in [-0.3, -0.25) is 4.79 Å². The van der Waals surface area contributed by atoms with Gasteiger partial charge in [0.2, 0.25) is 6.29 Å². The lowest BCUT2D eigenvalue weighted by Gasteiger charge is -2.04. The van der Waals surface area contributed by atoms with Crippen molar-refractivity contribution < 1.29 is 4.79 Å². The van der Waals surface area contributed by atoms with Crippen LogP contribution in [0.4, 0.5) is 0 Å². The maximum Gasteiger partial charge on any atom is 0.206 e. The lowest BCUT2D eigenvalue weighted by atomic mass is 9.99. The van der Waals surface area contributed by atoms with E-state index < -0.39 is 0 Å². The van der Waals surface area contributed by atoms with E-state index in [0.717, 1.165) is 5.56 Å². The van der Waals surface area contributed by atoms with Gasteiger partial charge in [0.1, 0.15) is 0 Å². The molecule has 0 aromatic heterocycles. The van der Waals surface area contributed by atoms with Crippen LogP contribution in [-0.4, -0.2) is 6.29 Å². The van der Waals surface area contributed by atoms with Crippen LogP contribution in [0, 0.1) is 0 Å². The third kappa shape index (κ3) is 1.53. The van der Waals surface area contributed by atoms with Gasteiger partial charge < -0.3 is 0 Å². The summed E-state index contributed by atoms with van der Waals surface area (Å²) < 4.78 is 0. The van der Waals surface area contributed by atoms with Crippen molar-refractivity contribution in [2.45, 2.75) is 12.8 Å². The molecule has 0 bridgehead atoms. The summed E-state index contributed by atoms with van der Waals surface area (Å²) in [7, 11) is 0. The standard InChI is InChI=1S/C13H11O/c1-10(9-14)12-7-6-11-4-2-3-5-13(11)8-12/h2-8,10H,1H3. The molecule has 0 N–H and O–H groups in total. The molecule has 0 fully saturated rings. The molecule has 0 heterocycles. The van der Waals surface area contributed by atoms with Gasteiger partial charge in [-0.15, -0.1) is 0 Å². The van der Waals surface area contributed by atoms with E-state index in [9.17, 15) is 4.79 Å². The first-order valence-electron chi connectivity index (χ1n) is 4.67. The topological polar surface area (TPSA) is 17.1 Å². The van der Waals surface area contributed by atoms with E-state index >= 15 is 0 Å². The summed E-state index contributed by atoms with van der Waals surface area (Å²) in [6.45, 7) is 1.86. The van der Waals surface area contributed by atoms with E-state index in [1.165, 1.54) is 10.8 Å². The van der Waals surface area contributed by atoms with Crippen LogP contribution in [0.3, 0.4) is 0 Å². The fourth-order valence-electron chi connectivity index (χ4n) is 1.55. The summed E-state index contributed by atoms with van der Waals surface area (Å²) >= 11 is 0. The third-order valence-corrected chi connectivity index (χ3v) is 2.45. The zero-order valence-corrected chi connectivity index (χ0v) is 8.03. The van der Waals surface area contributed by atoms with Crippen LogP contribution in [0.1, 0.15) is 18.4 Å². The van der Waals surface area contributed by atoms with E-state index in [0.29, 0.717) is 0 Å². The zero-order chi connectivity index (χ0) is 9.97. The molecule has 0 saturated carbocycles. The highest BCUT2D eigenvalue weighted by Gasteiger charge is 2.04. The molecule has 2 rings (SSSR count). The predicted molar refractivity (Wildman–Crippen MR) is 58.1 cm³/mol. The van der Waals surface area contributed by atoms with Gasteiger partial charge in [0.25, 0.3) is 0 Å². The lowest BCUT2D eigenvalue weighted by molar-refractivity contribution is 0.546. The van der Waals surface area contributed by atoms with Crippen LogP contribution in [0.25, 0.3) is 10.8 Å². The molecule has 1 atom stereocenters. The maximum absolute atomic E-state index is 10.5. The molecule has 2 aromatic rings. The van der Waals surface area contributed by atoms with Crippen LogP contribution in [0.15, 0.2) is 42.5 Å². The number of hydrogen-bond acceptors (Lipinski definition) is 1. The maximum atomic E-state index is 10.5. The second-order valence-corrected chi connectivity index (χ2v) is 3.45. The van der Waals surface area contributed by atoms with Crippen LogP contribution in [0.2, 0.25) is 0 Å². The first-order chi connectivity index (χ1) is 6.81. The Labute approximate surface area is 83.4 Å². The number of rotatable bonds is 2. The minimum Gasteiger partial charge on any atom is -0.290 e. The van der Waals surface area contributed by atoms with E-state index in [-0.39, 0.29) is 5.92 Å². The van der Waals surface area contributed by atoms with E-state index in [2.05, 4.69) is 12.1 Å². The number of benzene rings is 2.